The third-order valence-electron chi connectivity index (χ3n) is 5.36. The van der Waals surface area contributed by atoms with Crippen molar-refractivity contribution in [2.45, 2.75) is 44.6 Å². The lowest BCUT2D eigenvalue weighted by atomic mass is 9.86. The molecule has 1 aromatic heterocycles. The summed E-state index contributed by atoms with van der Waals surface area (Å²) in [5.41, 5.74) is 0.637. The van der Waals surface area contributed by atoms with Gasteiger partial charge in [-0.1, -0.05) is 12.8 Å². The summed E-state index contributed by atoms with van der Waals surface area (Å²) in [4.78, 5) is 24.1. The standard InChI is InChI=1S/C18H26N2O4/c21-17(16-6-3-9-20(16)14-4-1-2-5-14)19-12-15(18(22)23)13-7-10-24-11-8-13/h3,6,9,13-15H,1-2,4-5,7-8,10-12H2,(H,19,21)(H,22,23). The predicted octanol–water partition coefficient (Wildman–Crippen LogP) is 2.46. The maximum absolute atomic E-state index is 12.5. The molecule has 1 saturated carbocycles. The fourth-order valence-corrected chi connectivity index (χ4v) is 3.95. The van der Waals surface area contributed by atoms with Crippen LogP contribution in [0.15, 0.2) is 18.3 Å². The van der Waals surface area contributed by atoms with Gasteiger partial charge in [0.15, 0.2) is 0 Å². The molecule has 2 heterocycles. The zero-order chi connectivity index (χ0) is 16.9. The SMILES string of the molecule is O=C(NCC(C(=O)O)C1CCOCC1)c1cccn1C1CCCC1. The number of aromatic nitrogens is 1. The molecule has 0 aromatic carbocycles. The molecule has 1 atom stereocenters. The quantitative estimate of drug-likeness (QED) is 0.837. The normalized spacial score (nSPS) is 20.8. The molecule has 1 aliphatic carbocycles. The fraction of sp³-hybridized carbons (Fsp3) is 0.667. The van der Waals surface area contributed by atoms with E-state index >= 15 is 0 Å². The molecule has 1 unspecified atom stereocenters. The van der Waals surface area contributed by atoms with E-state index in [1.54, 1.807) is 0 Å². The van der Waals surface area contributed by atoms with Gasteiger partial charge in [-0.15, -0.1) is 0 Å². The summed E-state index contributed by atoms with van der Waals surface area (Å²) in [5.74, 6) is -1.50. The molecule has 0 bridgehead atoms. The number of hydrogen-bond donors (Lipinski definition) is 2. The van der Waals surface area contributed by atoms with Crippen LogP contribution < -0.4 is 5.32 Å². The van der Waals surface area contributed by atoms with Crippen molar-refractivity contribution >= 4 is 11.9 Å². The summed E-state index contributed by atoms with van der Waals surface area (Å²) >= 11 is 0. The van der Waals surface area contributed by atoms with E-state index in [0.29, 0.717) is 24.9 Å². The summed E-state index contributed by atoms with van der Waals surface area (Å²) in [7, 11) is 0. The first-order valence-electron chi connectivity index (χ1n) is 8.92. The van der Waals surface area contributed by atoms with E-state index < -0.39 is 11.9 Å². The predicted molar refractivity (Wildman–Crippen MR) is 88.9 cm³/mol. The summed E-state index contributed by atoms with van der Waals surface area (Å²) < 4.78 is 7.35. The number of carboxylic acid groups (broad SMARTS) is 1. The largest absolute Gasteiger partial charge is 0.481 e. The molecule has 24 heavy (non-hydrogen) atoms. The van der Waals surface area contributed by atoms with Crippen molar-refractivity contribution in [2.75, 3.05) is 19.8 Å². The summed E-state index contributed by atoms with van der Waals surface area (Å²) in [5, 5.41) is 12.3. The van der Waals surface area contributed by atoms with E-state index in [-0.39, 0.29) is 18.4 Å². The van der Waals surface area contributed by atoms with Crippen molar-refractivity contribution < 1.29 is 19.4 Å². The number of hydrogen-bond acceptors (Lipinski definition) is 3. The van der Waals surface area contributed by atoms with Crippen LogP contribution >= 0.6 is 0 Å². The Balaban J connectivity index is 1.61. The Labute approximate surface area is 142 Å². The molecule has 6 nitrogen and oxygen atoms in total. The zero-order valence-corrected chi connectivity index (χ0v) is 13.9. The average Bonchev–Trinajstić information content (AvgIpc) is 3.26. The highest BCUT2D eigenvalue weighted by Gasteiger charge is 2.30. The molecule has 2 fully saturated rings. The molecule has 0 radical (unpaired) electrons. The van der Waals surface area contributed by atoms with Crippen LogP contribution in [0.3, 0.4) is 0 Å². The van der Waals surface area contributed by atoms with Crippen molar-refractivity contribution in [1.82, 2.24) is 9.88 Å². The molecular weight excluding hydrogens is 308 g/mol. The van der Waals surface area contributed by atoms with Crippen LogP contribution in [0.1, 0.15) is 55.1 Å². The Morgan fingerprint density at radius 1 is 1.25 bits per heavy atom. The van der Waals surface area contributed by atoms with Gasteiger partial charge in [0.25, 0.3) is 5.91 Å². The number of nitrogens with one attached hydrogen (secondary N) is 1. The van der Waals surface area contributed by atoms with Crippen molar-refractivity contribution in [3.8, 4) is 0 Å². The Bertz CT molecular complexity index is 571. The van der Waals surface area contributed by atoms with Crippen molar-refractivity contribution in [2.24, 2.45) is 11.8 Å². The second-order valence-corrected chi connectivity index (χ2v) is 6.84. The van der Waals surface area contributed by atoms with Gasteiger partial charge in [-0.2, -0.15) is 0 Å². The third kappa shape index (κ3) is 3.80. The minimum atomic E-state index is -0.839. The Kier molecular flexibility index (Phi) is 5.56. The van der Waals surface area contributed by atoms with Gasteiger partial charge in [0.05, 0.1) is 5.92 Å². The number of carbonyl (C=O) groups excluding carboxylic acids is 1. The summed E-state index contributed by atoms with van der Waals surface area (Å²) in [6.07, 6.45) is 8.06. The molecule has 1 saturated heterocycles. The Morgan fingerprint density at radius 3 is 2.62 bits per heavy atom. The van der Waals surface area contributed by atoms with E-state index in [4.69, 9.17) is 4.74 Å². The van der Waals surface area contributed by atoms with Gasteiger partial charge in [-0.25, -0.2) is 0 Å². The van der Waals surface area contributed by atoms with E-state index in [1.807, 2.05) is 22.9 Å². The molecule has 2 N–H and O–H groups in total. The fourth-order valence-electron chi connectivity index (χ4n) is 3.95. The second kappa shape index (κ2) is 7.83. The van der Waals surface area contributed by atoms with Crippen LogP contribution in [0.5, 0.6) is 0 Å². The number of carbonyl (C=O) groups is 2. The van der Waals surface area contributed by atoms with Crippen LogP contribution in [0.25, 0.3) is 0 Å². The molecule has 0 spiro atoms. The minimum absolute atomic E-state index is 0.0677. The lowest BCUT2D eigenvalue weighted by Gasteiger charge is -2.27. The number of carboxylic acids is 1. The van der Waals surface area contributed by atoms with Gasteiger partial charge in [-0.05, 0) is 43.7 Å². The van der Waals surface area contributed by atoms with Crippen LogP contribution in [0, 0.1) is 11.8 Å². The first-order valence-corrected chi connectivity index (χ1v) is 8.92. The van der Waals surface area contributed by atoms with Gasteiger partial charge in [0.1, 0.15) is 5.69 Å². The van der Waals surface area contributed by atoms with Crippen LogP contribution in [0.2, 0.25) is 0 Å². The number of amides is 1. The number of aliphatic carboxylic acids is 1. The number of rotatable bonds is 6. The van der Waals surface area contributed by atoms with Gasteiger partial charge in [0.2, 0.25) is 0 Å². The molecule has 1 aliphatic heterocycles. The second-order valence-electron chi connectivity index (χ2n) is 6.84. The van der Waals surface area contributed by atoms with E-state index in [1.165, 1.54) is 12.8 Å². The Hall–Kier alpha value is -1.82. The zero-order valence-electron chi connectivity index (χ0n) is 13.9. The van der Waals surface area contributed by atoms with Gasteiger partial charge in [0, 0.05) is 32.0 Å². The topological polar surface area (TPSA) is 80.6 Å². The summed E-state index contributed by atoms with van der Waals surface area (Å²) in [6.45, 7) is 1.38. The maximum Gasteiger partial charge on any atom is 0.308 e. The first-order chi connectivity index (χ1) is 11.7. The third-order valence-corrected chi connectivity index (χ3v) is 5.36. The molecular formula is C18H26N2O4. The highest BCUT2D eigenvalue weighted by atomic mass is 16.5. The molecule has 2 aliphatic rings. The lowest BCUT2D eigenvalue weighted by molar-refractivity contribution is -0.144. The van der Waals surface area contributed by atoms with Crippen molar-refractivity contribution in [3.63, 3.8) is 0 Å². The highest BCUT2D eigenvalue weighted by Crippen LogP contribution is 2.30. The van der Waals surface area contributed by atoms with E-state index in [0.717, 1.165) is 25.7 Å². The number of ether oxygens (including phenoxy) is 1. The van der Waals surface area contributed by atoms with Crippen molar-refractivity contribution in [1.29, 1.82) is 0 Å². The average molecular weight is 334 g/mol. The molecule has 132 valence electrons. The van der Waals surface area contributed by atoms with Crippen LogP contribution in [-0.4, -0.2) is 41.3 Å². The van der Waals surface area contributed by atoms with Crippen LogP contribution in [-0.2, 0) is 9.53 Å². The molecule has 3 rings (SSSR count). The lowest BCUT2D eigenvalue weighted by Crippen LogP contribution is -2.39. The van der Waals surface area contributed by atoms with Crippen LogP contribution in [0.4, 0.5) is 0 Å². The van der Waals surface area contributed by atoms with E-state index in [9.17, 15) is 14.7 Å². The Morgan fingerprint density at radius 2 is 1.96 bits per heavy atom. The van der Waals surface area contributed by atoms with Gasteiger partial charge < -0.3 is 19.7 Å². The molecule has 1 amide bonds. The number of nitrogens with zero attached hydrogens (tertiary/aromatic N) is 1. The smallest absolute Gasteiger partial charge is 0.308 e. The van der Waals surface area contributed by atoms with Gasteiger partial charge in [-0.3, -0.25) is 9.59 Å². The van der Waals surface area contributed by atoms with Crippen molar-refractivity contribution in [3.05, 3.63) is 24.0 Å². The molecule has 6 heteroatoms. The maximum atomic E-state index is 12.5. The monoisotopic (exact) mass is 334 g/mol. The first kappa shape index (κ1) is 17.0. The van der Waals surface area contributed by atoms with E-state index in [2.05, 4.69) is 5.32 Å². The molecule has 1 aromatic rings. The minimum Gasteiger partial charge on any atom is -0.481 e. The summed E-state index contributed by atoms with van der Waals surface area (Å²) in [6, 6.07) is 4.10. The van der Waals surface area contributed by atoms with Gasteiger partial charge >= 0.3 is 5.97 Å². The highest BCUT2D eigenvalue weighted by molar-refractivity contribution is 5.93.